The lowest BCUT2D eigenvalue weighted by molar-refractivity contribution is 0.0511. The Morgan fingerprint density at radius 1 is 0.946 bits per heavy atom. The topological polar surface area (TPSA) is 148 Å². The van der Waals surface area contributed by atoms with Gasteiger partial charge in [0.2, 0.25) is 17.8 Å². The number of hydrogen-bond acceptors (Lipinski definition) is 10. The van der Waals surface area contributed by atoms with Gasteiger partial charge in [-0.1, -0.05) is 31.4 Å². The van der Waals surface area contributed by atoms with Gasteiger partial charge in [-0.2, -0.15) is 15.0 Å². The van der Waals surface area contributed by atoms with Crippen LogP contribution in [0.5, 0.6) is 0 Å². The normalized spacial score (nSPS) is 13.9. The maximum atomic E-state index is 12.4. The van der Waals surface area contributed by atoms with Gasteiger partial charge in [-0.3, -0.25) is 4.79 Å². The van der Waals surface area contributed by atoms with Crippen molar-refractivity contribution in [2.75, 3.05) is 55.5 Å². The highest BCUT2D eigenvalue weighted by molar-refractivity contribution is 5.94. The van der Waals surface area contributed by atoms with Crippen molar-refractivity contribution in [3.05, 3.63) is 35.4 Å². The number of carbonyl (C=O) groups is 1. The highest BCUT2D eigenvalue weighted by Gasteiger charge is 2.16. The van der Waals surface area contributed by atoms with E-state index in [1.807, 2.05) is 24.3 Å². The van der Waals surface area contributed by atoms with E-state index in [-0.39, 0.29) is 11.9 Å². The highest BCUT2D eigenvalue weighted by Crippen LogP contribution is 2.21. The minimum Gasteiger partial charge on any atom is -0.378 e. The van der Waals surface area contributed by atoms with Crippen molar-refractivity contribution in [3.63, 3.8) is 0 Å². The Morgan fingerprint density at radius 2 is 1.62 bits per heavy atom. The lowest BCUT2D eigenvalue weighted by Gasteiger charge is -2.23. The SMILES string of the molecule is CC(C)Nc1nc(NCc2ccc(C(=O)NCCOCCOCCN)cc2)nc(NC2CCCCC2)n1. The van der Waals surface area contributed by atoms with Crippen LogP contribution in [0.2, 0.25) is 0 Å². The summed E-state index contributed by atoms with van der Waals surface area (Å²) in [6.45, 7) is 7.49. The zero-order chi connectivity index (χ0) is 26.3. The number of hydrogen-bond donors (Lipinski definition) is 5. The fourth-order valence-electron chi connectivity index (χ4n) is 3.97. The zero-order valence-electron chi connectivity index (χ0n) is 22.1. The van der Waals surface area contributed by atoms with Gasteiger partial charge >= 0.3 is 0 Å². The number of benzene rings is 1. The first kappa shape index (κ1) is 28.5. The molecule has 6 N–H and O–H groups in total. The molecule has 0 unspecified atom stereocenters. The Bertz CT molecular complexity index is 936. The molecule has 1 aliphatic carbocycles. The largest absolute Gasteiger partial charge is 0.378 e. The molecule has 0 bridgehead atoms. The molecule has 11 heteroatoms. The minimum atomic E-state index is -0.136. The van der Waals surface area contributed by atoms with Gasteiger partial charge < -0.3 is 36.5 Å². The van der Waals surface area contributed by atoms with E-state index in [0.717, 1.165) is 18.4 Å². The molecule has 3 rings (SSSR count). The van der Waals surface area contributed by atoms with Gasteiger partial charge in [0.05, 0.1) is 26.4 Å². The molecule has 37 heavy (non-hydrogen) atoms. The molecule has 0 atom stereocenters. The van der Waals surface area contributed by atoms with E-state index in [1.54, 1.807) is 0 Å². The maximum absolute atomic E-state index is 12.4. The number of nitrogens with two attached hydrogens (primary N) is 1. The number of rotatable bonds is 16. The van der Waals surface area contributed by atoms with Crippen molar-refractivity contribution >= 4 is 23.8 Å². The number of anilines is 3. The van der Waals surface area contributed by atoms with Crippen LogP contribution in [-0.4, -0.2) is 72.5 Å². The van der Waals surface area contributed by atoms with Gasteiger partial charge in [-0.05, 0) is 44.4 Å². The lowest BCUT2D eigenvalue weighted by atomic mass is 9.96. The van der Waals surface area contributed by atoms with Gasteiger partial charge in [0.1, 0.15) is 0 Å². The quantitative estimate of drug-likeness (QED) is 0.212. The zero-order valence-corrected chi connectivity index (χ0v) is 22.1. The summed E-state index contributed by atoms with van der Waals surface area (Å²) in [5.41, 5.74) is 6.96. The average molecular weight is 515 g/mol. The lowest BCUT2D eigenvalue weighted by Crippen LogP contribution is -2.27. The Balaban J connectivity index is 1.47. The molecule has 1 amide bonds. The minimum absolute atomic E-state index is 0.136. The molecule has 1 fully saturated rings. The number of aromatic nitrogens is 3. The van der Waals surface area contributed by atoms with Crippen molar-refractivity contribution in [1.82, 2.24) is 20.3 Å². The molecule has 0 radical (unpaired) electrons. The molecule has 1 aromatic heterocycles. The first-order valence-corrected chi connectivity index (χ1v) is 13.3. The summed E-state index contributed by atoms with van der Waals surface area (Å²) in [6, 6.07) is 8.06. The van der Waals surface area contributed by atoms with Crippen molar-refractivity contribution in [2.24, 2.45) is 5.73 Å². The van der Waals surface area contributed by atoms with E-state index in [2.05, 4.69) is 50.1 Å². The molecular formula is C26H42N8O3. The van der Waals surface area contributed by atoms with Crippen LogP contribution in [0.4, 0.5) is 17.8 Å². The monoisotopic (exact) mass is 514 g/mol. The van der Waals surface area contributed by atoms with Crippen LogP contribution >= 0.6 is 0 Å². The molecule has 2 aromatic rings. The van der Waals surface area contributed by atoms with Crippen molar-refractivity contribution in [2.45, 2.75) is 64.6 Å². The van der Waals surface area contributed by atoms with Gasteiger partial charge in [0.25, 0.3) is 5.91 Å². The van der Waals surface area contributed by atoms with Crippen LogP contribution in [0.15, 0.2) is 24.3 Å². The van der Waals surface area contributed by atoms with E-state index >= 15 is 0 Å². The summed E-state index contributed by atoms with van der Waals surface area (Å²) in [5, 5.41) is 12.9. The Labute approximate surface area is 219 Å². The third kappa shape index (κ3) is 10.9. The predicted octanol–water partition coefficient (Wildman–Crippen LogP) is 2.77. The molecular weight excluding hydrogens is 472 g/mol. The van der Waals surface area contributed by atoms with Crippen LogP contribution in [0, 0.1) is 0 Å². The first-order chi connectivity index (χ1) is 18.0. The van der Waals surface area contributed by atoms with E-state index in [4.69, 9.17) is 15.2 Å². The molecule has 11 nitrogen and oxygen atoms in total. The van der Waals surface area contributed by atoms with Crippen molar-refractivity contribution in [3.8, 4) is 0 Å². The summed E-state index contributed by atoms with van der Waals surface area (Å²) >= 11 is 0. The number of amides is 1. The van der Waals surface area contributed by atoms with E-state index in [9.17, 15) is 4.79 Å². The summed E-state index contributed by atoms with van der Waals surface area (Å²) in [7, 11) is 0. The molecule has 1 heterocycles. The van der Waals surface area contributed by atoms with Gasteiger partial charge in [0, 0.05) is 37.3 Å². The summed E-state index contributed by atoms with van der Waals surface area (Å²) in [6.07, 6.45) is 6.04. The third-order valence-corrected chi connectivity index (χ3v) is 5.82. The molecule has 0 spiro atoms. The number of carbonyl (C=O) groups excluding carboxylic acids is 1. The van der Waals surface area contributed by atoms with Gasteiger partial charge in [0.15, 0.2) is 0 Å². The van der Waals surface area contributed by atoms with Crippen LogP contribution in [0.25, 0.3) is 0 Å². The molecule has 0 aliphatic heterocycles. The van der Waals surface area contributed by atoms with E-state index in [1.165, 1.54) is 19.3 Å². The fraction of sp³-hybridized carbons (Fsp3) is 0.615. The summed E-state index contributed by atoms with van der Waals surface area (Å²) in [5.74, 6) is 1.51. The van der Waals surface area contributed by atoms with E-state index in [0.29, 0.717) is 75.5 Å². The predicted molar refractivity (Wildman–Crippen MR) is 146 cm³/mol. The second-order valence-corrected chi connectivity index (χ2v) is 9.40. The molecule has 204 valence electrons. The van der Waals surface area contributed by atoms with Crippen molar-refractivity contribution in [1.29, 1.82) is 0 Å². The second-order valence-electron chi connectivity index (χ2n) is 9.40. The average Bonchev–Trinajstić information content (AvgIpc) is 2.89. The van der Waals surface area contributed by atoms with Gasteiger partial charge in [-0.25, -0.2) is 0 Å². The standard InChI is InChI=1S/C26H42N8O3/c1-19(2)30-25-32-24(33-26(34-25)31-22-6-4-3-5-7-22)29-18-20-8-10-21(11-9-20)23(35)28-13-15-37-17-16-36-14-12-27/h8-11,19,22H,3-7,12-18,27H2,1-2H3,(H,28,35)(H3,29,30,31,32,33,34). The third-order valence-electron chi connectivity index (χ3n) is 5.82. The van der Waals surface area contributed by atoms with Gasteiger partial charge in [-0.15, -0.1) is 0 Å². The van der Waals surface area contributed by atoms with E-state index < -0.39 is 0 Å². The fourth-order valence-corrected chi connectivity index (χ4v) is 3.97. The second kappa shape index (κ2) is 16.0. The Morgan fingerprint density at radius 3 is 2.32 bits per heavy atom. The highest BCUT2D eigenvalue weighted by atomic mass is 16.5. The first-order valence-electron chi connectivity index (χ1n) is 13.3. The van der Waals surface area contributed by atoms with Crippen molar-refractivity contribution < 1.29 is 14.3 Å². The molecule has 1 aliphatic rings. The van der Waals surface area contributed by atoms with Crippen LogP contribution in [-0.2, 0) is 16.0 Å². The number of ether oxygens (including phenoxy) is 2. The number of nitrogens with one attached hydrogen (secondary N) is 4. The molecule has 1 aromatic carbocycles. The number of nitrogens with zero attached hydrogens (tertiary/aromatic N) is 3. The summed E-state index contributed by atoms with van der Waals surface area (Å²) < 4.78 is 10.7. The van der Waals surface area contributed by atoms with Crippen LogP contribution in [0.1, 0.15) is 61.9 Å². The van der Waals surface area contributed by atoms with Crippen LogP contribution in [0.3, 0.4) is 0 Å². The maximum Gasteiger partial charge on any atom is 0.251 e. The molecule has 1 saturated carbocycles. The molecule has 0 saturated heterocycles. The smallest absolute Gasteiger partial charge is 0.251 e. The Hall–Kier alpha value is -3.02. The van der Waals surface area contributed by atoms with Crippen LogP contribution < -0.4 is 27.0 Å². The summed E-state index contributed by atoms with van der Waals surface area (Å²) in [4.78, 5) is 26.0. The Kier molecular flexibility index (Phi) is 12.3.